The molecule has 1 fully saturated rings. The van der Waals surface area contributed by atoms with Crippen LogP contribution in [0.4, 0.5) is 0 Å². The van der Waals surface area contributed by atoms with Crippen LogP contribution in [0, 0.1) is 5.92 Å². The average Bonchev–Trinajstić information content (AvgIpc) is 2.62. The Morgan fingerprint density at radius 1 is 1.17 bits per heavy atom. The molecule has 132 valence electrons. The summed E-state index contributed by atoms with van der Waals surface area (Å²) in [4.78, 5) is 26.6. The van der Waals surface area contributed by atoms with Crippen LogP contribution in [0.25, 0.3) is 0 Å². The number of amides is 2. The van der Waals surface area contributed by atoms with E-state index in [1.165, 1.54) is 0 Å². The van der Waals surface area contributed by atoms with E-state index >= 15 is 0 Å². The van der Waals surface area contributed by atoms with Gasteiger partial charge in [-0.1, -0.05) is 37.3 Å². The standard InChI is InChI=1S/C19H29N3O2/c1-2-10-20-11-12-21-19(24)17-9-6-13-22(15-17)18(23)14-16-7-4-3-5-8-16/h3-5,7-8,17,20H,2,6,9-15H2,1H3,(H,21,24). The summed E-state index contributed by atoms with van der Waals surface area (Å²) in [5, 5.41) is 6.25. The Balaban J connectivity index is 1.76. The molecule has 2 amide bonds. The second kappa shape index (κ2) is 10.1. The summed E-state index contributed by atoms with van der Waals surface area (Å²) in [6.45, 7) is 5.83. The number of hydrogen-bond donors (Lipinski definition) is 2. The van der Waals surface area contributed by atoms with Crippen LogP contribution >= 0.6 is 0 Å². The lowest BCUT2D eigenvalue weighted by Gasteiger charge is -2.32. The van der Waals surface area contributed by atoms with Gasteiger partial charge in [0.05, 0.1) is 12.3 Å². The molecule has 2 N–H and O–H groups in total. The second-order valence-electron chi connectivity index (χ2n) is 6.38. The molecule has 0 bridgehead atoms. The van der Waals surface area contributed by atoms with Crippen LogP contribution in [0.5, 0.6) is 0 Å². The molecule has 0 aromatic heterocycles. The Morgan fingerprint density at radius 2 is 1.96 bits per heavy atom. The fraction of sp³-hybridized carbons (Fsp3) is 0.579. The van der Waals surface area contributed by atoms with Gasteiger partial charge in [-0.2, -0.15) is 0 Å². The van der Waals surface area contributed by atoms with Crippen LogP contribution in [-0.4, -0.2) is 49.4 Å². The van der Waals surface area contributed by atoms with Crippen LogP contribution in [0.15, 0.2) is 30.3 Å². The Bertz CT molecular complexity index is 519. The quantitative estimate of drug-likeness (QED) is 0.711. The van der Waals surface area contributed by atoms with E-state index in [1.54, 1.807) is 0 Å². The Hall–Kier alpha value is -1.88. The average molecular weight is 331 g/mol. The van der Waals surface area contributed by atoms with E-state index in [2.05, 4.69) is 17.6 Å². The van der Waals surface area contributed by atoms with Gasteiger partial charge in [-0.3, -0.25) is 9.59 Å². The monoisotopic (exact) mass is 331 g/mol. The molecule has 0 spiro atoms. The van der Waals surface area contributed by atoms with E-state index in [1.807, 2.05) is 35.2 Å². The number of nitrogens with one attached hydrogen (secondary N) is 2. The predicted molar refractivity (Wildman–Crippen MR) is 95.6 cm³/mol. The molecule has 1 aliphatic heterocycles. The second-order valence-corrected chi connectivity index (χ2v) is 6.38. The first-order valence-electron chi connectivity index (χ1n) is 9.01. The molecule has 0 radical (unpaired) electrons. The highest BCUT2D eigenvalue weighted by Gasteiger charge is 2.28. The predicted octanol–water partition coefficient (Wildman–Crippen LogP) is 1.58. The number of nitrogens with zero attached hydrogens (tertiary/aromatic N) is 1. The van der Waals surface area contributed by atoms with E-state index < -0.39 is 0 Å². The maximum Gasteiger partial charge on any atom is 0.227 e. The number of benzene rings is 1. The lowest BCUT2D eigenvalue weighted by Crippen LogP contribution is -2.46. The minimum atomic E-state index is -0.0790. The van der Waals surface area contributed by atoms with Gasteiger partial charge < -0.3 is 15.5 Å². The summed E-state index contributed by atoms with van der Waals surface area (Å²) in [5.74, 6) is 0.110. The number of likely N-dealkylation sites (tertiary alicyclic amines) is 1. The van der Waals surface area contributed by atoms with Gasteiger partial charge in [0, 0.05) is 26.2 Å². The van der Waals surface area contributed by atoms with Crippen molar-refractivity contribution in [3.05, 3.63) is 35.9 Å². The highest BCUT2D eigenvalue weighted by molar-refractivity contribution is 5.82. The molecule has 24 heavy (non-hydrogen) atoms. The fourth-order valence-electron chi connectivity index (χ4n) is 3.02. The van der Waals surface area contributed by atoms with Crippen LogP contribution in [-0.2, 0) is 16.0 Å². The third kappa shape index (κ3) is 5.96. The third-order valence-electron chi connectivity index (χ3n) is 4.37. The zero-order chi connectivity index (χ0) is 17.2. The summed E-state index contributed by atoms with van der Waals surface area (Å²) in [7, 11) is 0. The highest BCUT2D eigenvalue weighted by atomic mass is 16.2. The molecule has 1 saturated heterocycles. The van der Waals surface area contributed by atoms with Crippen LogP contribution < -0.4 is 10.6 Å². The summed E-state index contributed by atoms with van der Waals surface area (Å²) in [5.41, 5.74) is 1.02. The zero-order valence-corrected chi connectivity index (χ0v) is 14.6. The number of hydrogen-bond acceptors (Lipinski definition) is 3. The molecule has 2 rings (SSSR count). The number of piperidine rings is 1. The summed E-state index contributed by atoms with van der Waals surface area (Å²) in [6, 6.07) is 9.78. The molecular formula is C19H29N3O2. The molecular weight excluding hydrogens is 302 g/mol. The van der Waals surface area contributed by atoms with E-state index in [0.717, 1.165) is 44.5 Å². The lowest BCUT2D eigenvalue weighted by atomic mass is 9.96. The normalized spacial score (nSPS) is 17.5. The minimum Gasteiger partial charge on any atom is -0.355 e. The molecule has 5 heteroatoms. The molecule has 1 heterocycles. The third-order valence-corrected chi connectivity index (χ3v) is 4.37. The SMILES string of the molecule is CCCNCCNC(=O)C1CCCN(C(=O)Cc2ccccc2)C1. The molecule has 1 unspecified atom stereocenters. The topological polar surface area (TPSA) is 61.4 Å². The van der Waals surface area contributed by atoms with E-state index in [0.29, 0.717) is 19.5 Å². The largest absolute Gasteiger partial charge is 0.355 e. The van der Waals surface area contributed by atoms with Gasteiger partial charge in [-0.05, 0) is 31.4 Å². The fourth-order valence-corrected chi connectivity index (χ4v) is 3.02. The van der Waals surface area contributed by atoms with Crippen molar-refractivity contribution < 1.29 is 9.59 Å². The Kier molecular flexibility index (Phi) is 7.75. The van der Waals surface area contributed by atoms with Gasteiger partial charge in [-0.15, -0.1) is 0 Å². The van der Waals surface area contributed by atoms with Crippen LogP contribution in [0.3, 0.4) is 0 Å². The van der Waals surface area contributed by atoms with Crippen molar-refractivity contribution in [2.45, 2.75) is 32.6 Å². The van der Waals surface area contributed by atoms with E-state index in [9.17, 15) is 9.59 Å². The van der Waals surface area contributed by atoms with E-state index in [-0.39, 0.29) is 17.7 Å². The molecule has 1 aromatic carbocycles. The number of carbonyl (C=O) groups is 2. The maximum absolute atomic E-state index is 12.5. The van der Waals surface area contributed by atoms with Crippen LogP contribution in [0.1, 0.15) is 31.7 Å². The van der Waals surface area contributed by atoms with Gasteiger partial charge in [0.2, 0.25) is 11.8 Å². The van der Waals surface area contributed by atoms with Crippen molar-refractivity contribution in [2.75, 3.05) is 32.7 Å². The van der Waals surface area contributed by atoms with Crippen molar-refractivity contribution in [3.8, 4) is 0 Å². The first-order valence-corrected chi connectivity index (χ1v) is 9.01. The Morgan fingerprint density at radius 3 is 2.71 bits per heavy atom. The van der Waals surface area contributed by atoms with Gasteiger partial charge in [0.15, 0.2) is 0 Å². The Labute approximate surface area is 144 Å². The van der Waals surface area contributed by atoms with Gasteiger partial charge in [0.25, 0.3) is 0 Å². The first-order chi connectivity index (χ1) is 11.7. The van der Waals surface area contributed by atoms with E-state index in [4.69, 9.17) is 0 Å². The van der Waals surface area contributed by atoms with Crippen molar-refractivity contribution in [3.63, 3.8) is 0 Å². The number of rotatable bonds is 8. The molecule has 1 aliphatic rings. The minimum absolute atomic E-state index is 0.0745. The van der Waals surface area contributed by atoms with Gasteiger partial charge in [0.1, 0.15) is 0 Å². The first kappa shape index (κ1) is 18.5. The summed E-state index contributed by atoms with van der Waals surface area (Å²) in [6.07, 6.45) is 3.27. The van der Waals surface area contributed by atoms with Gasteiger partial charge in [-0.25, -0.2) is 0 Å². The van der Waals surface area contributed by atoms with Crippen molar-refractivity contribution in [2.24, 2.45) is 5.92 Å². The molecule has 0 saturated carbocycles. The molecule has 1 aromatic rings. The van der Waals surface area contributed by atoms with Gasteiger partial charge >= 0.3 is 0 Å². The lowest BCUT2D eigenvalue weighted by molar-refractivity contribution is -0.135. The number of carbonyl (C=O) groups excluding carboxylic acids is 2. The summed E-state index contributed by atoms with van der Waals surface area (Å²) < 4.78 is 0. The van der Waals surface area contributed by atoms with Crippen LogP contribution in [0.2, 0.25) is 0 Å². The summed E-state index contributed by atoms with van der Waals surface area (Å²) >= 11 is 0. The zero-order valence-electron chi connectivity index (χ0n) is 14.6. The smallest absolute Gasteiger partial charge is 0.227 e. The van der Waals surface area contributed by atoms with Crippen molar-refractivity contribution in [1.29, 1.82) is 0 Å². The molecule has 0 aliphatic carbocycles. The molecule has 1 atom stereocenters. The highest BCUT2D eigenvalue weighted by Crippen LogP contribution is 2.17. The van der Waals surface area contributed by atoms with Crippen molar-refractivity contribution in [1.82, 2.24) is 15.5 Å². The maximum atomic E-state index is 12.5. The molecule has 5 nitrogen and oxygen atoms in total. The van der Waals surface area contributed by atoms with Crippen molar-refractivity contribution >= 4 is 11.8 Å².